The molecule has 0 aromatic heterocycles. The van der Waals surface area contributed by atoms with Gasteiger partial charge < -0.3 is 4.74 Å². The smallest absolute Gasteiger partial charge is 0.419 e. The third-order valence-corrected chi connectivity index (χ3v) is 2.28. The Kier molecular flexibility index (Phi) is 2.70. The van der Waals surface area contributed by atoms with E-state index in [9.17, 15) is 4.79 Å². The Morgan fingerprint density at radius 3 is 2.94 bits per heavy atom. The van der Waals surface area contributed by atoms with Crippen molar-refractivity contribution in [2.24, 2.45) is 0 Å². The monoisotopic (exact) mass is 231 g/mol. The fraction of sp³-hybridized carbons (Fsp3) is 0.300. The highest BCUT2D eigenvalue weighted by molar-refractivity contribution is 5.75. The molecule has 0 bridgehead atoms. The number of carbonyl (C=O) groups excluding carboxylic acids is 1. The number of carbonyl (C=O) groups is 1. The summed E-state index contributed by atoms with van der Waals surface area (Å²) < 4.78 is 6.10. The summed E-state index contributed by atoms with van der Waals surface area (Å²) in [4.78, 5) is 15.6. The molecule has 7 heteroatoms. The van der Waals surface area contributed by atoms with Crippen LogP contribution in [0.1, 0.15) is 18.3 Å². The molecule has 0 radical (unpaired) electrons. The van der Waals surface area contributed by atoms with E-state index in [2.05, 4.69) is 15.2 Å². The van der Waals surface area contributed by atoms with Crippen molar-refractivity contribution in [3.63, 3.8) is 0 Å². The second kappa shape index (κ2) is 4.17. The first-order valence-corrected chi connectivity index (χ1v) is 4.96. The van der Waals surface area contributed by atoms with Crippen molar-refractivity contribution in [1.29, 1.82) is 5.26 Å². The Labute approximate surface area is 97.0 Å². The van der Waals surface area contributed by atoms with Crippen LogP contribution in [0.25, 0.3) is 11.4 Å². The summed E-state index contributed by atoms with van der Waals surface area (Å²) in [5, 5.41) is 16.3. The van der Waals surface area contributed by atoms with Crippen molar-refractivity contribution in [3.8, 4) is 17.5 Å². The number of rotatable bonds is 1. The van der Waals surface area contributed by atoms with Gasteiger partial charge in [-0.3, -0.25) is 0 Å². The summed E-state index contributed by atoms with van der Waals surface area (Å²) in [6.45, 7) is 3.69. The topological polar surface area (TPSA) is 93.7 Å². The third-order valence-electron chi connectivity index (χ3n) is 2.28. The normalized spacial score (nSPS) is 10.2. The second-order valence-electron chi connectivity index (χ2n) is 3.26. The Morgan fingerprint density at radius 1 is 1.53 bits per heavy atom. The Morgan fingerprint density at radius 2 is 2.29 bits per heavy atom. The molecule has 0 saturated heterocycles. The van der Waals surface area contributed by atoms with Crippen LogP contribution in [0.3, 0.4) is 0 Å². The molecule has 86 valence electrons. The van der Waals surface area contributed by atoms with Crippen LogP contribution in [0.15, 0.2) is 6.33 Å². The van der Waals surface area contributed by atoms with E-state index < -0.39 is 6.09 Å². The number of aromatic nitrogens is 4. The molecule has 2 rings (SSSR count). The van der Waals surface area contributed by atoms with Crippen LogP contribution >= 0.6 is 0 Å². The maximum atomic E-state index is 11.6. The van der Waals surface area contributed by atoms with Gasteiger partial charge in [-0.05, 0) is 13.8 Å². The predicted molar refractivity (Wildman–Crippen MR) is 56.3 cm³/mol. The highest BCUT2D eigenvalue weighted by atomic mass is 16.5. The van der Waals surface area contributed by atoms with Gasteiger partial charge in [0.15, 0.2) is 5.69 Å². The van der Waals surface area contributed by atoms with Crippen molar-refractivity contribution in [3.05, 3.63) is 17.7 Å². The molecular weight excluding hydrogens is 222 g/mol. The number of ether oxygens (including phenoxy) is 1. The maximum absolute atomic E-state index is 11.6. The van der Waals surface area contributed by atoms with Gasteiger partial charge in [0.25, 0.3) is 0 Å². The van der Waals surface area contributed by atoms with E-state index in [1.165, 1.54) is 10.9 Å². The van der Waals surface area contributed by atoms with Gasteiger partial charge in [-0.25, -0.2) is 14.3 Å². The standard InChI is InChI=1S/C10H9N5O2/c1-3-17-10(16)15-5-12-9-7(4-11)13-14-8(9)6(15)2/h5H,3H2,1-2H3. The highest BCUT2D eigenvalue weighted by Crippen LogP contribution is 2.22. The average Bonchev–Trinajstić information content (AvgIpc) is 2.73. The van der Waals surface area contributed by atoms with Crippen LogP contribution in [0, 0.1) is 18.3 Å². The molecule has 0 saturated carbocycles. The minimum atomic E-state index is -0.527. The van der Waals surface area contributed by atoms with Crippen molar-refractivity contribution >= 4 is 6.09 Å². The van der Waals surface area contributed by atoms with Crippen molar-refractivity contribution < 1.29 is 9.53 Å². The molecule has 7 nitrogen and oxygen atoms in total. The van der Waals surface area contributed by atoms with Gasteiger partial charge in [0.1, 0.15) is 23.8 Å². The number of hydrogen-bond donors (Lipinski definition) is 0. The van der Waals surface area contributed by atoms with Crippen LogP contribution in [0.5, 0.6) is 0 Å². The lowest BCUT2D eigenvalue weighted by atomic mass is 10.2. The Hall–Kier alpha value is -2.49. The molecule has 2 heterocycles. The predicted octanol–water partition coefficient (Wildman–Crippen LogP) is 0.963. The molecule has 0 atom stereocenters. The first-order chi connectivity index (χ1) is 8.19. The van der Waals surface area contributed by atoms with Gasteiger partial charge in [0, 0.05) is 0 Å². The fourth-order valence-corrected chi connectivity index (χ4v) is 1.44. The molecule has 2 aliphatic heterocycles. The quantitative estimate of drug-likeness (QED) is 0.725. The van der Waals surface area contributed by atoms with Gasteiger partial charge in [0.05, 0.1) is 12.3 Å². The van der Waals surface area contributed by atoms with Crippen molar-refractivity contribution in [1.82, 2.24) is 19.7 Å². The molecule has 0 N–H and O–H groups in total. The van der Waals surface area contributed by atoms with Crippen LogP contribution in [-0.2, 0) is 4.74 Å². The lowest BCUT2D eigenvalue weighted by molar-refractivity contribution is 0.153. The summed E-state index contributed by atoms with van der Waals surface area (Å²) in [7, 11) is 0. The van der Waals surface area contributed by atoms with E-state index in [4.69, 9.17) is 10.00 Å². The summed E-state index contributed by atoms with van der Waals surface area (Å²) in [5.74, 6) is 0. The van der Waals surface area contributed by atoms with E-state index >= 15 is 0 Å². The van der Waals surface area contributed by atoms with Crippen LogP contribution < -0.4 is 0 Å². The molecule has 0 aromatic rings. The molecule has 0 aromatic carbocycles. The number of nitrogens with zero attached hydrogens (tertiary/aromatic N) is 5. The van der Waals surface area contributed by atoms with E-state index in [0.29, 0.717) is 17.1 Å². The zero-order chi connectivity index (χ0) is 12.4. The summed E-state index contributed by atoms with van der Waals surface area (Å²) in [6, 6.07) is 1.89. The van der Waals surface area contributed by atoms with Gasteiger partial charge in [-0.2, -0.15) is 5.26 Å². The van der Waals surface area contributed by atoms with Gasteiger partial charge in [0.2, 0.25) is 0 Å². The zero-order valence-corrected chi connectivity index (χ0v) is 9.34. The van der Waals surface area contributed by atoms with E-state index in [0.717, 1.165) is 0 Å². The molecule has 0 spiro atoms. The first kappa shape index (κ1) is 11.0. The zero-order valence-electron chi connectivity index (χ0n) is 9.34. The van der Waals surface area contributed by atoms with Crippen LogP contribution in [0.4, 0.5) is 4.79 Å². The molecule has 0 fully saturated rings. The molecule has 0 unspecified atom stereocenters. The van der Waals surface area contributed by atoms with Crippen molar-refractivity contribution in [2.75, 3.05) is 6.61 Å². The summed E-state index contributed by atoms with van der Waals surface area (Å²) in [6.07, 6.45) is 0.778. The third kappa shape index (κ3) is 1.69. The average molecular weight is 231 g/mol. The number of nitriles is 1. The molecular formula is C10H9N5O2. The Balaban J connectivity index is 2.55. The molecule has 0 aliphatic carbocycles. The lowest BCUT2D eigenvalue weighted by Gasteiger charge is -2.10. The fourth-order valence-electron chi connectivity index (χ4n) is 1.44. The largest absolute Gasteiger partial charge is 0.449 e. The SMILES string of the molecule is CCOC(=O)n1cnc2c(C#N)nnc-2c1C. The lowest BCUT2D eigenvalue weighted by Crippen LogP contribution is -2.18. The first-order valence-electron chi connectivity index (χ1n) is 4.96. The van der Waals surface area contributed by atoms with Gasteiger partial charge >= 0.3 is 6.09 Å². The van der Waals surface area contributed by atoms with Crippen LogP contribution in [0.2, 0.25) is 0 Å². The number of hydrogen-bond acceptors (Lipinski definition) is 6. The minimum Gasteiger partial charge on any atom is -0.449 e. The highest BCUT2D eigenvalue weighted by Gasteiger charge is 2.21. The van der Waals surface area contributed by atoms with Gasteiger partial charge in [-0.15, -0.1) is 10.2 Å². The summed E-state index contributed by atoms with van der Waals surface area (Å²) in [5.41, 5.74) is 1.52. The van der Waals surface area contributed by atoms with Crippen molar-refractivity contribution in [2.45, 2.75) is 13.8 Å². The molecule has 0 amide bonds. The summed E-state index contributed by atoms with van der Waals surface area (Å²) >= 11 is 0. The van der Waals surface area contributed by atoms with E-state index in [1.807, 2.05) is 6.07 Å². The van der Waals surface area contributed by atoms with E-state index in [1.54, 1.807) is 13.8 Å². The Bertz CT molecular complexity index is 583. The minimum absolute atomic E-state index is 0.152. The molecule has 2 aliphatic rings. The second-order valence-corrected chi connectivity index (χ2v) is 3.26. The van der Waals surface area contributed by atoms with Gasteiger partial charge in [-0.1, -0.05) is 0 Å². The van der Waals surface area contributed by atoms with E-state index in [-0.39, 0.29) is 12.3 Å². The van der Waals surface area contributed by atoms with Crippen LogP contribution in [-0.4, -0.2) is 32.4 Å². The number of fused-ring (bicyclic) bond motifs is 1. The molecule has 17 heavy (non-hydrogen) atoms. The maximum Gasteiger partial charge on any atom is 0.419 e.